The van der Waals surface area contributed by atoms with E-state index >= 15 is 0 Å². The van der Waals surface area contributed by atoms with E-state index in [2.05, 4.69) is 46.1 Å². The summed E-state index contributed by atoms with van der Waals surface area (Å²) in [6.07, 6.45) is 2.32. The van der Waals surface area contributed by atoms with Crippen LogP contribution >= 0.6 is 24.0 Å². The lowest BCUT2D eigenvalue weighted by Crippen LogP contribution is -2.41. The lowest BCUT2D eigenvalue weighted by atomic mass is 9.87. The molecule has 1 aromatic heterocycles. The Bertz CT molecular complexity index is 575. The first kappa shape index (κ1) is 19.4. The SMILES string of the molecule is CN=C(NCc1noc(C(C)(C)C)n1)N1CCC2(CCOC2)C1.I. The average Bonchev–Trinajstić information content (AvgIpc) is 3.22. The molecule has 2 aliphatic heterocycles. The van der Waals surface area contributed by atoms with Gasteiger partial charge in [-0.05, 0) is 12.8 Å². The van der Waals surface area contributed by atoms with E-state index in [1.165, 1.54) is 6.42 Å². The summed E-state index contributed by atoms with van der Waals surface area (Å²) in [7, 11) is 1.81. The standard InChI is InChI=1S/C16H27N5O2.HI/c1-15(2,3)13-19-12(20-23-13)9-18-14(17-4)21-7-5-16(10-21)6-8-22-11-16;/h5-11H2,1-4H3,(H,17,18);1H. The van der Waals surface area contributed by atoms with Crippen molar-refractivity contribution < 1.29 is 9.26 Å². The number of rotatable bonds is 2. The highest BCUT2D eigenvalue weighted by atomic mass is 127. The second-order valence-corrected chi connectivity index (χ2v) is 7.64. The van der Waals surface area contributed by atoms with E-state index in [0.717, 1.165) is 38.7 Å². The van der Waals surface area contributed by atoms with Gasteiger partial charge in [-0.2, -0.15) is 4.98 Å². The Balaban J connectivity index is 0.00000208. The van der Waals surface area contributed by atoms with Crippen LogP contribution in [-0.4, -0.2) is 54.4 Å². The van der Waals surface area contributed by atoms with Crippen molar-refractivity contribution in [3.63, 3.8) is 0 Å². The maximum Gasteiger partial charge on any atom is 0.232 e. The summed E-state index contributed by atoms with van der Waals surface area (Å²) < 4.78 is 10.9. The molecule has 136 valence electrons. The van der Waals surface area contributed by atoms with Crippen LogP contribution in [0, 0.1) is 5.41 Å². The lowest BCUT2D eigenvalue weighted by Gasteiger charge is -2.24. The monoisotopic (exact) mass is 449 g/mol. The van der Waals surface area contributed by atoms with Crippen molar-refractivity contribution in [3.05, 3.63) is 11.7 Å². The third kappa shape index (κ3) is 4.19. The molecule has 0 bridgehead atoms. The van der Waals surface area contributed by atoms with Crippen molar-refractivity contribution in [3.8, 4) is 0 Å². The summed E-state index contributed by atoms with van der Waals surface area (Å²) in [4.78, 5) is 11.2. The van der Waals surface area contributed by atoms with Crippen LogP contribution in [0.5, 0.6) is 0 Å². The molecule has 1 atom stereocenters. The number of nitrogens with zero attached hydrogens (tertiary/aromatic N) is 4. The quantitative estimate of drug-likeness (QED) is 0.424. The topological polar surface area (TPSA) is 75.8 Å². The van der Waals surface area contributed by atoms with Gasteiger partial charge in [-0.1, -0.05) is 25.9 Å². The van der Waals surface area contributed by atoms with E-state index in [4.69, 9.17) is 9.26 Å². The minimum atomic E-state index is -0.128. The number of aliphatic imine (C=N–C) groups is 1. The Labute approximate surface area is 160 Å². The predicted molar refractivity (Wildman–Crippen MR) is 103 cm³/mol. The molecule has 24 heavy (non-hydrogen) atoms. The van der Waals surface area contributed by atoms with E-state index < -0.39 is 0 Å². The zero-order valence-corrected chi connectivity index (χ0v) is 17.3. The number of nitrogens with one attached hydrogen (secondary N) is 1. The predicted octanol–water partition coefficient (Wildman–Crippen LogP) is 2.17. The third-order valence-electron chi connectivity index (χ3n) is 4.65. The molecular weight excluding hydrogens is 421 g/mol. The fourth-order valence-electron chi connectivity index (χ4n) is 3.21. The molecule has 3 rings (SSSR count). The minimum Gasteiger partial charge on any atom is -0.381 e. The number of ether oxygens (including phenoxy) is 1. The van der Waals surface area contributed by atoms with Crippen molar-refractivity contribution >= 4 is 29.9 Å². The van der Waals surface area contributed by atoms with Gasteiger partial charge in [0.1, 0.15) is 0 Å². The van der Waals surface area contributed by atoms with Crippen molar-refractivity contribution in [1.82, 2.24) is 20.4 Å². The molecule has 2 aliphatic rings. The molecule has 0 amide bonds. The van der Waals surface area contributed by atoms with Crippen LogP contribution in [0.1, 0.15) is 45.3 Å². The number of aromatic nitrogens is 2. The molecule has 0 aliphatic carbocycles. The van der Waals surface area contributed by atoms with E-state index in [-0.39, 0.29) is 29.4 Å². The number of guanidine groups is 1. The molecular formula is C16H28IN5O2. The number of hydrogen-bond donors (Lipinski definition) is 1. The highest BCUT2D eigenvalue weighted by Gasteiger charge is 2.42. The van der Waals surface area contributed by atoms with Crippen LogP contribution < -0.4 is 5.32 Å². The van der Waals surface area contributed by atoms with Gasteiger partial charge in [0.15, 0.2) is 11.8 Å². The van der Waals surface area contributed by atoms with Crippen LogP contribution in [0.25, 0.3) is 0 Å². The normalized spacial score (nSPS) is 24.5. The Kier molecular flexibility index (Phi) is 6.11. The zero-order chi connectivity index (χ0) is 16.5. The van der Waals surface area contributed by atoms with Crippen LogP contribution in [0.3, 0.4) is 0 Å². The number of likely N-dealkylation sites (tertiary alicyclic amines) is 1. The fourth-order valence-corrected chi connectivity index (χ4v) is 3.21. The fraction of sp³-hybridized carbons (Fsp3) is 0.812. The van der Waals surface area contributed by atoms with Gasteiger partial charge < -0.3 is 19.5 Å². The van der Waals surface area contributed by atoms with E-state index in [9.17, 15) is 0 Å². The van der Waals surface area contributed by atoms with Crippen LogP contribution in [0.4, 0.5) is 0 Å². The summed E-state index contributed by atoms with van der Waals surface area (Å²) in [6.45, 7) is 10.5. The second kappa shape index (κ2) is 7.55. The molecule has 1 spiro atoms. The molecule has 7 nitrogen and oxygen atoms in total. The molecule has 2 saturated heterocycles. The maximum atomic E-state index is 5.59. The summed E-state index contributed by atoms with van der Waals surface area (Å²) in [6, 6.07) is 0. The number of halogens is 1. The van der Waals surface area contributed by atoms with Gasteiger partial charge in [0.25, 0.3) is 0 Å². The van der Waals surface area contributed by atoms with Gasteiger partial charge in [-0.15, -0.1) is 24.0 Å². The molecule has 0 aromatic carbocycles. The third-order valence-corrected chi connectivity index (χ3v) is 4.65. The molecule has 0 saturated carbocycles. The van der Waals surface area contributed by atoms with E-state index in [0.29, 0.717) is 23.7 Å². The largest absolute Gasteiger partial charge is 0.381 e. The van der Waals surface area contributed by atoms with Crippen LogP contribution in [0.2, 0.25) is 0 Å². The smallest absolute Gasteiger partial charge is 0.232 e. The summed E-state index contributed by atoms with van der Waals surface area (Å²) >= 11 is 0. The Morgan fingerprint density at radius 1 is 1.38 bits per heavy atom. The van der Waals surface area contributed by atoms with E-state index in [1.807, 2.05) is 7.05 Å². The summed E-state index contributed by atoms with van der Waals surface area (Å²) in [5, 5.41) is 7.39. The summed E-state index contributed by atoms with van der Waals surface area (Å²) in [5.41, 5.74) is 0.194. The van der Waals surface area contributed by atoms with Gasteiger partial charge in [0.05, 0.1) is 13.2 Å². The van der Waals surface area contributed by atoms with Gasteiger partial charge in [0.2, 0.25) is 5.89 Å². The van der Waals surface area contributed by atoms with Crippen LogP contribution in [-0.2, 0) is 16.7 Å². The molecule has 0 radical (unpaired) electrons. The second-order valence-electron chi connectivity index (χ2n) is 7.64. The molecule has 3 heterocycles. The van der Waals surface area contributed by atoms with Crippen molar-refractivity contribution in [1.29, 1.82) is 0 Å². The van der Waals surface area contributed by atoms with Crippen molar-refractivity contribution in [2.24, 2.45) is 10.4 Å². The van der Waals surface area contributed by atoms with Crippen molar-refractivity contribution in [2.45, 2.75) is 45.6 Å². The highest BCUT2D eigenvalue weighted by molar-refractivity contribution is 14.0. The molecule has 8 heteroatoms. The first-order chi connectivity index (χ1) is 10.9. The highest BCUT2D eigenvalue weighted by Crippen LogP contribution is 2.38. The summed E-state index contributed by atoms with van der Waals surface area (Å²) in [5.74, 6) is 2.22. The molecule has 1 aromatic rings. The molecule has 1 unspecified atom stereocenters. The van der Waals surface area contributed by atoms with Gasteiger partial charge in [-0.25, -0.2) is 0 Å². The molecule has 2 fully saturated rings. The van der Waals surface area contributed by atoms with Gasteiger partial charge in [0, 0.05) is 37.6 Å². The zero-order valence-electron chi connectivity index (χ0n) is 15.0. The van der Waals surface area contributed by atoms with Gasteiger partial charge in [-0.3, -0.25) is 4.99 Å². The van der Waals surface area contributed by atoms with E-state index in [1.54, 1.807) is 0 Å². The van der Waals surface area contributed by atoms with Crippen LogP contribution in [0.15, 0.2) is 9.52 Å². The Hall–Kier alpha value is -0.900. The van der Waals surface area contributed by atoms with Gasteiger partial charge >= 0.3 is 0 Å². The average molecular weight is 449 g/mol. The van der Waals surface area contributed by atoms with Crippen molar-refractivity contribution in [2.75, 3.05) is 33.4 Å². The minimum absolute atomic E-state index is 0. The molecule has 1 N–H and O–H groups in total. The first-order valence-corrected chi connectivity index (χ1v) is 8.28. The Morgan fingerprint density at radius 3 is 2.75 bits per heavy atom. The Morgan fingerprint density at radius 2 is 2.17 bits per heavy atom. The maximum absolute atomic E-state index is 5.59. The first-order valence-electron chi connectivity index (χ1n) is 8.28. The lowest BCUT2D eigenvalue weighted by molar-refractivity contribution is 0.156. The number of hydrogen-bond acceptors (Lipinski definition) is 5.